The number of aromatic nitrogens is 1. The highest BCUT2D eigenvalue weighted by atomic mass is 32.2. The third kappa shape index (κ3) is 6.17. The van der Waals surface area contributed by atoms with Gasteiger partial charge in [0.2, 0.25) is 10.0 Å². The minimum absolute atomic E-state index is 0.119. The average molecular weight is 524 g/mol. The first-order valence-electron chi connectivity index (χ1n) is 12.3. The molecule has 1 aliphatic carbocycles. The molecular formula is C25H37N3O5S2. The molecule has 2 aliphatic rings. The predicted octanol–water partition coefficient (Wildman–Crippen LogP) is 4.33. The standard InChI is InChI=1S/C25H37N3O5S2/c1-16-23(34-24(26-16)27-25(2,3)18-11-13-33-14-12-18)17-5-10-21(32-4)22(15-17)35(30,31)28-19-6-8-20(29)9-7-19/h5,10,15,18-20,28-29H,6-9,11-14H2,1-4H3,(H,26,27). The average Bonchev–Trinajstić information content (AvgIpc) is 3.19. The lowest BCUT2D eigenvalue weighted by atomic mass is 9.82. The van der Waals surface area contributed by atoms with Gasteiger partial charge < -0.3 is 19.9 Å². The van der Waals surface area contributed by atoms with Gasteiger partial charge in [0.05, 0.1) is 23.8 Å². The van der Waals surface area contributed by atoms with Gasteiger partial charge in [-0.1, -0.05) is 11.3 Å². The van der Waals surface area contributed by atoms with E-state index in [0.29, 0.717) is 37.4 Å². The number of aryl methyl sites for hydroxylation is 1. The van der Waals surface area contributed by atoms with Gasteiger partial charge in [-0.15, -0.1) is 0 Å². The summed E-state index contributed by atoms with van der Waals surface area (Å²) in [5.41, 5.74) is 1.51. The molecule has 0 amide bonds. The molecule has 0 radical (unpaired) electrons. The predicted molar refractivity (Wildman–Crippen MR) is 139 cm³/mol. The number of ether oxygens (including phenoxy) is 2. The normalized spacial score (nSPS) is 22.2. The van der Waals surface area contributed by atoms with Gasteiger partial charge in [0, 0.05) is 24.8 Å². The molecule has 1 saturated carbocycles. The number of hydrogen-bond acceptors (Lipinski definition) is 8. The largest absolute Gasteiger partial charge is 0.495 e. The molecule has 35 heavy (non-hydrogen) atoms. The highest BCUT2D eigenvalue weighted by Crippen LogP contribution is 2.39. The molecule has 1 aliphatic heterocycles. The summed E-state index contributed by atoms with van der Waals surface area (Å²) in [4.78, 5) is 5.80. The lowest BCUT2D eigenvalue weighted by Gasteiger charge is -2.37. The van der Waals surface area contributed by atoms with Crippen LogP contribution in [-0.4, -0.2) is 56.5 Å². The van der Waals surface area contributed by atoms with Gasteiger partial charge in [-0.3, -0.25) is 0 Å². The molecule has 0 bridgehead atoms. The molecule has 2 fully saturated rings. The minimum atomic E-state index is -3.80. The molecule has 2 heterocycles. The number of sulfonamides is 1. The number of nitrogens with zero attached hydrogens (tertiary/aromatic N) is 1. The summed E-state index contributed by atoms with van der Waals surface area (Å²) < 4.78 is 40.4. The van der Waals surface area contributed by atoms with Gasteiger partial charge in [0.1, 0.15) is 10.6 Å². The number of rotatable bonds is 8. The molecule has 0 atom stereocenters. The van der Waals surface area contributed by atoms with E-state index in [1.165, 1.54) is 18.4 Å². The molecule has 1 saturated heterocycles. The Bertz CT molecular complexity index is 1120. The first-order valence-corrected chi connectivity index (χ1v) is 14.6. The zero-order valence-electron chi connectivity index (χ0n) is 21.0. The van der Waals surface area contributed by atoms with E-state index < -0.39 is 10.0 Å². The zero-order valence-corrected chi connectivity index (χ0v) is 22.6. The lowest BCUT2D eigenvalue weighted by Crippen LogP contribution is -2.42. The van der Waals surface area contributed by atoms with Crippen LogP contribution in [0, 0.1) is 12.8 Å². The van der Waals surface area contributed by atoms with Crippen molar-refractivity contribution in [2.24, 2.45) is 5.92 Å². The molecule has 8 nitrogen and oxygen atoms in total. The quantitative estimate of drug-likeness (QED) is 0.473. The van der Waals surface area contributed by atoms with Crippen molar-refractivity contribution in [1.82, 2.24) is 9.71 Å². The minimum Gasteiger partial charge on any atom is -0.495 e. The Morgan fingerprint density at radius 1 is 1.14 bits per heavy atom. The van der Waals surface area contributed by atoms with Gasteiger partial charge in [-0.2, -0.15) is 0 Å². The van der Waals surface area contributed by atoms with E-state index in [1.54, 1.807) is 12.1 Å². The summed E-state index contributed by atoms with van der Waals surface area (Å²) in [5.74, 6) is 0.798. The second-order valence-corrected chi connectivity index (χ2v) is 12.8. The van der Waals surface area contributed by atoms with Crippen LogP contribution in [0.5, 0.6) is 5.75 Å². The maximum atomic E-state index is 13.3. The van der Waals surface area contributed by atoms with Crippen LogP contribution in [0.25, 0.3) is 10.4 Å². The molecule has 3 N–H and O–H groups in total. The van der Waals surface area contributed by atoms with E-state index in [2.05, 4.69) is 23.9 Å². The number of anilines is 1. The summed E-state index contributed by atoms with van der Waals surface area (Å²) >= 11 is 1.53. The molecule has 4 rings (SSSR count). The molecule has 1 aromatic carbocycles. The Labute approximate surface area is 212 Å². The van der Waals surface area contributed by atoms with Crippen molar-refractivity contribution in [3.63, 3.8) is 0 Å². The molecule has 0 unspecified atom stereocenters. The Balaban J connectivity index is 1.58. The van der Waals surface area contributed by atoms with Gasteiger partial charge in [0.15, 0.2) is 5.13 Å². The molecule has 2 aromatic rings. The maximum Gasteiger partial charge on any atom is 0.244 e. The second-order valence-electron chi connectivity index (χ2n) is 10.2. The van der Waals surface area contributed by atoms with E-state index in [9.17, 15) is 13.5 Å². The third-order valence-corrected chi connectivity index (χ3v) is 9.87. The molecule has 194 valence electrons. The number of hydrogen-bond donors (Lipinski definition) is 3. The van der Waals surface area contributed by atoms with Crippen molar-refractivity contribution in [2.75, 3.05) is 25.6 Å². The maximum absolute atomic E-state index is 13.3. The Morgan fingerprint density at radius 3 is 2.49 bits per heavy atom. The fourth-order valence-electron chi connectivity index (χ4n) is 5.02. The number of methoxy groups -OCH3 is 1. The lowest BCUT2D eigenvalue weighted by molar-refractivity contribution is 0.0491. The van der Waals surface area contributed by atoms with E-state index in [-0.39, 0.29) is 22.6 Å². The van der Waals surface area contributed by atoms with E-state index in [0.717, 1.165) is 47.3 Å². The van der Waals surface area contributed by atoms with Crippen LogP contribution in [0.2, 0.25) is 0 Å². The Hall–Kier alpha value is -1.72. The van der Waals surface area contributed by atoms with Crippen LogP contribution in [-0.2, 0) is 14.8 Å². The van der Waals surface area contributed by atoms with Crippen LogP contribution < -0.4 is 14.8 Å². The summed E-state index contributed by atoms with van der Waals surface area (Å²) in [6.45, 7) is 7.93. The van der Waals surface area contributed by atoms with Crippen molar-refractivity contribution in [3.05, 3.63) is 23.9 Å². The molecule has 0 spiro atoms. The third-order valence-electron chi connectivity index (χ3n) is 7.20. The van der Waals surface area contributed by atoms with Crippen LogP contribution in [0.1, 0.15) is 58.1 Å². The van der Waals surface area contributed by atoms with Gasteiger partial charge in [-0.25, -0.2) is 18.1 Å². The van der Waals surface area contributed by atoms with Crippen LogP contribution in [0.3, 0.4) is 0 Å². The van der Waals surface area contributed by atoms with Gasteiger partial charge in [-0.05, 0) is 89.0 Å². The number of aliphatic hydroxyl groups is 1. The summed E-state index contributed by atoms with van der Waals surface area (Å²) in [5, 5.41) is 14.2. The number of aliphatic hydroxyl groups excluding tert-OH is 1. The van der Waals surface area contributed by atoms with Crippen molar-refractivity contribution in [2.45, 2.75) is 81.9 Å². The molecule has 1 aromatic heterocycles. The van der Waals surface area contributed by atoms with Crippen LogP contribution >= 0.6 is 11.3 Å². The van der Waals surface area contributed by atoms with E-state index in [4.69, 9.17) is 14.5 Å². The topological polar surface area (TPSA) is 110 Å². The summed E-state index contributed by atoms with van der Waals surface area (Å²) in [6.07, 6.45) is 4.13. The van der Waals surface area contributed by atoms with Crippen LogP contribution in [0.15, 0.2) is 23.1 Å². The van der Waals surface area contributed by atoms with Crippen molar-refractivity contribution < 1.29 is 23.0 Å². The van der Waals surface area contributed by atoms with Crippen molar-refractivity contribution in [3.8, 4) is 16.2 Å². The first-order chi connectivity index (χ1) is 16.6. The number of nitrogens with one attached hydrogen (secondary N) is 2. The monoisotopic (exact) mass is 523 g/mol. The highest BCUT2D eigenvalue weighted by Gasteiger charge is 2.32. The second kappa shape index (κ2) is 10.7. The Kier molecular flexibility index (Phi) is 8.07. The van der Waals surface area contributed by atoms with E-state index in [1.807, 2.05) is 13.0 Å². The fraction of sp³-hybridized carbons (Fsp3) is 0.640. The summed E-state index contributed by atoms with van der Waals surface area (Å²) in [6, 6.07) is 5.06. The SMILES string of the molecule is COc1ccc(-c2sc(NC(C)(C)C3CCOCC3)nc2C)cc1S(=O)(=O)NC1CCC(O)CC1. The van der Waals surface area contributed by atoms with Crippen molar-refractivity contribution >= 4 is 26.5 Å². The van der Waals surface area contributed by atoms with Crippen molar-refractivity contribution in [1.29, 1.82) is 0 Å². The van der Waals surface area contributed by atoms with Gasteiger partial charge in [0.25, 0.3) is 0 Å². The number of thiazole rings is 1. The van der Waals surface area contributed by atoms with Crippen LogP contribution in [0.4, 0.5) is 5.13 Å². The smallest absolute Gasteiger partial charge is 0.244 e. The zero-order chi connectivity index (χ0) is 25.2. The highest BCUT2D eigenvalue weighted by molar-refractivity contribution is 7.89. The fourth-order valence-corrected chi connectivity index (χ4v) is 7.65. The van der Waals surface area contributed by atoms with E-state index >= 15 is 0 Å². The molecule has 10 heteroatoms. The number of benzene rings is 1. The van der Waals surface area contributed by atoms with Gasteiger partial charge >= 0.3 is 0 Å². The first kappa shape index (κ1) is 26.3. The molecular weight excluding hydrogens is 486 g/mol. The summed E-state index contributed by atoms with van der Waals surface area (Å²) in [7, 11) is -2.32. The Morgan fingerprint density at radius 2 is 1.83 bits per heavy atom.